The fraction of sp³-hybridized carbons (Fsp3) is 0.333. The van der Waals surface area contributed by atoms with Crippen LogP contribution < -0.4 is 5.14 Å². The highest BCUT2D eigenvalue weighted by Crippen LogP contribution is 1.75. The van der Waals surface area contributed by atoms with E-state index in [0.29, 0.717) is 0 Å². The number of hydrogen-bond donors (Lipinski definition) is 1. The molecule has 3 nitrogen and oxygen atoms in total. The van der Waals surface area contributed by atoms with Gasteiger partial charge >= 0.3 is 0 Å². The molecule has 42 valence electrons. The van der Waals surface area contributed by atoms with E-state index in [2.05, 4.69) is 10.9 Å². The van der Waals surface area contributed by atoms with Crippen molar-refractivity contribution in [2.45, 2.75) is 0 Å². The van der Waals surface area contributed by atoms with Crippen molar-refractivity contribution < 1.29 is 4.21 Å². The average molecular weight is 120 g/mol. The van der Waals surface area contributed by atoms with Gasteiger partial charge in [-0.15, -0.1) is 0 Å². The molecule has 0 spiro atoms. The van der Waals surface area contributed by atoms with E-state index >= 15 is 0 Å². The molecule has 4 heteroatoms. The van der Waals surface area contributed by atoms with Crippen LogP contribution >= 0.6 is 0 Å². The minimum atomic E-state index is -2.42. The molecule has 0 saturated carbocycles. The van der Waals surface area contributed by atoms with Gasteiger partial charge in [-0.05, 0) is 0 Å². The topological polar surface area (TPSA) is 55.4 Å². The van der Waals surface area contributed by atoms with E-state index in [9.17, 15) is 4.21 Å². The maximum atomic E-state index is 10.3. The summed E-state index contributed by atoms with van der Waals surface area (Å²) in [4.78, 5) is 0. The molecule has 2 N–H and O–H groups in total. The molecule has 0 aromatic rings. The lowest BCUT2D eigenvalue weighted by Crippen LogP contribution is -2.07. The maximum Gasteiger partial charge on any atom is 0.106 e. The first-order valence-corrected chi connectivity index (χ1v) is 3.65. The van der Waals surface area contributed by atoms with Crippen LogP contribution in [0.15, 0.2) is 17.1 Å². The predicted octanol–water partition coefficient (Wildman–Crippen LogP) is 0.101. The van der Waals surface area contributed by atoms with E-state index in [0.717, 1.165) is 0 Å². The molecule has 0 aromatic carbocycles. The Morgan fingerprint density at radius 2 is 2.43 bits per heavy atom. The van der Waals surface area contributed by atoms with Crippen molar-refractivity contribution >= 4 is 9.92 Å². The van der Waals surface area contributed by atoms with Gasteiger partial charge in [0.15, 0.2) is 0 Å². The molecule has 0 aliphatic rings. The molecular weight excluding hydrogens is 112 g/mol. The van der Waals surface area contributed by atoms with Gasteiger partial charge in [0, 0.05) is 12.5 Å². The zero-order valence-electron chi connectivity index (χ0n) is 4.13. The standard InChI is InChI=1S/C3H8N2OS/c1-3-5-7(2,4)6/h3H,1H2,2H3,(H2,4,5,6). The summed E-state index contributed by atoms with van der Waals surface area (Å²) in [5.41, 5.74) is 0. The SMILES string of the molecule is C=CN=S(C)(N)=O. The third-order valence-corrected chi connectivity index (χ3v) is 0.852. The van der Waals surface area contributed by atoms with Gasteiger partial charge in [-0.1, -0.05) is 6.58 Å². The Bertz CT molecular complexity index is 158. The van der Waals surface area contributed by atoms with Crippen LogP contribution in [0.3, 0.4) is 0 Å². The number of nitrogens with zero attached hydrogens (tertiary/aromatic N) is 1. The molecule has 0 aliphatic heterocycles. The molecule has 1 unspecified atom stereocenters. The first-order valence-electron chi connectivity index (χ1n) is 1.66. The van der Waals surface area contributed by atoms with Crippen LogP contribution in [-0.2, 0) is 9.92 Å². The summed E-state index contributed by atoms with van der Waals surface area (Å²) < 4.78 is 13.7. The lowest BCUT2D eigenvalue weighted by molar-refractivity contribution is 0.682. The van der Waals surface area contributed by atoms with E-state index in [-0.39, 0.29) is 0 Å². The second-order valence-electron chi connectivity index (χ2n) is 1.15. The van der Waals surface area contributed by atoms with E-state index < -0.39 is 9.92 Å². The van der Waals surface area contributed by atoms with Crippen LogP contribution in [-0.4, -0.2) is 10.5 Å². The Morgan fingerprint density at radius 1 is 2.00 bits per heavy atom. The van der Waals surface area contributed by atoms with Crippen LogP contribution in [0, 0.1) is 0 Å². The summed E-state index contributed by atoms with van der Waals surface area (Å²) in [6.07, 6.45) is 2.52. The monoisotopic (exact) mass is 120 g/mol. The van der Waals surface area contributed by atoms with E-state index in [1.807, 2.05) is 0 Å². The average Bonchev–Trinajstić information content (AvgIpc) is 1.30. The highest BCUT2D eigenvalue weighted by Gasteiger charge is 1.79. The molecule has 0 aromatic heterocycles. The molecule has 0 bridgehead atoms. The molecule has 0 rings (SSSR count). The molecule has 0 aliphatic carbocycles. The predicted molar refractivity (Wildman–Crippen MR) is 30.9 cm³/mol. The molecule has 0 saturated heterocycles. The van der Waals surface area contributed by atoms with Crippen molar-refractivity contribution in [1.29, 1.82) is 0 Å². The Labute approximate surface area is 43.5 Å². The van der Waals surface area contributed by atoms with Crippen molar-refractivity contribution in [2.75, 3.05) is 6.26 Å². The van der Waals surface area contributed by atoms with E-state index in [1.165, 1.54) is 12.5 Å². The highest BCUT2D eigenvalue weighted by atomic mass is 32.2. The summed E-state index contributed by atoms with van der Waals surface area (Å²) in [5, 5.41) is 4.94. The van der Waals surface area contributed by atoms with Crippen LogP contribution in [0.1, 0.15) is 0 Å². The zero-order valence-corrected chi connectivity index (χ0v) is 4.94. The van der Waals surface area contributed by atoms with Crippen LogP contribution in [0.5, 0.6) is 0 Å². The largest absolute Gasteiger partial charge is 0.245 e. The molecule has 0 amide bonds. The fourth-order valence-corrected chi connectivity index (χ4v) is 0.444. The molecule has 0 radical (unpaired) electrons. The second kappa shape index (κ2) is 2.09. The second-order valence-corrected chi connectivity index (χ2v) is 3.08. The molecule has 0 fully saturated rings. The van der Waals surface area contributed by atoms with Crippen molar-refractivity contribution in [3.05, 3.63) is 12.8 Å². The maximum absolute atomic E-state index is 10.3. The van der Waals surface area contributed by atoms with E-state index in [1.54, 1.807) is 0 Å². The Morgan fingerprint density at radius 3 is 2.43 bits per heavy atom. The Kier molecular flexibility index (Phi) is 1.98. The first kappa shape index (κ1) is 6.65. The fourth-order valence-electron chi connectivity index (χ4n) is 0.148. The van der Waals surface area contributed by atoms with Crippen molar-refractivity contribution in [2.24, 2.45) is 9.50 Å². The van der Waals surface area contributed by atoms with Crippen LogP contribution in [0.2, 0.25) is 0 Å². The number of nitrogens with two attached hydrogens (primary N) is 1. The van der Waals surface area contributed by atoms with Gasteiger partial charge < -0.3 is 0 Å². The van der Waals surface area contributed by atoms with Crippen molar-refractivity contribution in [3.63, 3.8) is 0 Å². The first-order chi connectivity index (χ1) is 3.06. The summed E-state index contributed by atoms with van der Waals surface area (Å²) in [7, 11) is -2.42. The van der Waals surface area contributed by atoms with Gasteiger partial charge in [0.1, 0.15) is 9.92 Å². The Hall–Kier alpha value is -0.350. The lowest BCUT2D eigenvalue weighted by Gasteiger charge is -1.85. The van der Waals surface area contributed by atoms with Gasteiger partial charge in [0.25, 0.3) is 0 Å². The van der Waals surface area contributed by atoms with Gasteiger partial charge in [-0.25, -0.2) is 9.35 Å². The minimum Gasteiger partial charge on any atom is -0.245 e. The summed E-state index contributed by atoms with van der Waals surface area (Å²) >= 11 is 0. The summed E-state index contributed by atoms with van der Waals surface area (Å²) in [5.74, 6) is 0. The third-order valence-electron chi connectivity index (χ3n) is 0.284. The van der Waals surface area contributed by atoms with Crippen molar-refractivity contribution in [1.82, 2.24) is 0 Å². The van der Waals surface area contributed by atoms with Gasteiger partial charge in [0.2, 0.25) is 0 Å². The zero-order chi connectivity index (χ0) is 5.91. The van der Waals surface area contributed by atoms with Gasteiger partial charge in [-0.3, -0.25) is 0 Å². The number of rotatable bonds is 1. The normalized spacial score (nSPS) is 17.4. The molecule has 1 atom stereocenters. The number of hydrogen-bond acceptors (Lipinski definition) is 2. The van der Waals surface area contributed by atoms with Crippen molar-refractivity contribution in [3.8, 4) is 0 Å². The van der Waals surface area contributed by atoms with Gasteiger partial charge in [-0.2, -0.15) is 4.36 Å². The highest BCUT2D eigenvalue weighted by molar-refractivity contribution is 7.90. The lowest BCUT2D eigenvalue weighted by atomic mass is 11.1. The van der Waals surface area contributed by atoms with Gasteiger partial charge in [0.05, 0.1) is 0 Å². The Balaban J connectivity index is 4.32. The van der Waals surface area contributed by atoms with E-state index in [4.69, 9.17) is 5.14 Å². The van der Waals surface area contributed by atoms with Crippen LogP contribution in [0.25, 0.3) is 0 Å². The molecule has 7 heavy (non-hydrogen) atoms. The smallest absolute Gasteiger partial charge is 0.106 e. The quantitative estimate of drug-likeness (QED) is 0.524. The molecule has 0 heterocycles. The third kappa shape index (κ3) is 5.65. The molecular formula is C3H8N2OS. The minimum absolute atomic E-state index is 1.18. The van der Waals surface area contributed by atoms with Crippen LogP contribution in [0.4, 0.5) is 0 Å². The summed E-state index contributed by atoms with van der Waals surface area (Å²) in [6, 6.07) is 0. The summed E-state index contributed by atoms with van der Waals surface area (Å²) in [6.45, 7) is 3.22.